The highest BCUT2D eigenvalue weighted by atomic mass is 16.5. The van der Waals surface area contributed by atoms with Crippen molar-refractivity contribution >= 4 is 21.9 Å². The van der Waals surface area contributed by atoms with Crippen molar-refractivity contribution < 1.29 is 9.15 Å². The van der Waals surface area contributed by atoms with Crippen LogP contribution in [-0.2, 0) is 0 Å². The van der Waals surface area contributed by atoms with Gasteiger partial charge in [0.25, 0.3) is 0 Å². The van der Waals surface area contributed by atoms with Crippen LogP contribution in [0, 0.1) is 0 Å². The number of hydrogen-bond donors (Lipinski definition) is 0. The fraction of sp³-hybridized carbons (Fsp3) is 0. The van der Waals surface area contributed by atoms with Gasteiger partial charge in [0.05, 0.1) is 0 Å². The SMILES string of the molecule is c1ccc(-c2ccc(-c3nc(-c4ccccc4)nc(-c4ccc5c(c4)oc4cccc(-c6ccccc6-c6cccc(Oc7cccc(-c8ccccc8)c7)c6)c45)n3)cc2)cc1. The van der Waals surface area contributed by atoms with Gasteiger partial charge in [-0.1, -0.05) is 182 Å². The molecule has 11 aromatic rings. The summed E-state index contributed by atoms with van der Waals surface area (Å²) >= 11 is 0. The molecule has 2 heterocycles. The second kappa shape index (κ2) is 16.0. The summed E-state index contributed by atoms with van der Waals surface area (Å²) in [7, 11) is 0. The average molecular weight is 796 g/mol. The molecule has 5 nitrogen and oxygen atoms in total. The van der Waals surface area contributed by atoms with E-state index in [-0.39, 0.29) is 0 Å². The van der Waals surface area contributed by atoms with E-state index < -0.39 is 0 Å². The van der Waals surface area contributed by atoms with E-state index in [0.717, 1.165) is 94.6 Å². The minimum Gasteiger partial charge on any atom is -0.457 e. The molecule has 9 aromatic carbocycles. The average Bonchev–Trinajstić information content (AvgIpc) is 3.73. The highest BCUT2D eigenvalue weighted by Gasteiger charge is 2.18. The molecule has 0 spiro atoms. The molecule has 0 atom stereocenters. The number of hydrogen-bond acceptors (Lipinski definition) is 5. The summed E-state index contributed by atoms with van der Waals surface area (Å²) in [4.78, 5) is 15.0. The number of furan rings is 1. The van der Waals surface area contributed by atoms with Crippen LogP contribution in [0.4, 0.5) is 0 Å². The molecule has 0 unspecified atom stereocenters. The molecule has 0 saturated heterocycles. The molecule has 0 N–H and O–H groups in total. The Morgan fingerprint density at radius 1 is 0.290 bits per heavy atom. The first kappa shape index (κ1) is 36.7. The zero-order valence-electron chi connectivity index (χ0n) is 33.5. The molecule has 0 saturated carbocycles. The summed E-state index contributed by atoms with van der Waals surface area (Å²) in [6, 6.07) is 76.7. The van der Waals surface area contributed by atoms with Gasteiger partial charge in [0.1, 0.15) is 22.7 Å². The number of fused-ring (bicyclic) bond motifs is 3. The first-order valence-electron chi connectivity index (χ1n) is 20.7. The van der Waals surface area contributed by atoms with E-state index in [1.165, 1.54) is 0 Å². The van der Waals surface area contributed by atoms with Crippen LogP contribution in [0.1, 0.15) is 0 Å². The summed E-state index contributed by atoms with van der Waals surface area (Å²) in [6.07, 6.45) is 0. The van der Waals surface area contributed by atoms with Crippen LogP contribution in [0.15, 0.2) is 229 Å². The number of rotatable bonds is 9. The monoisotopic (exact) mass is 795 g/mol. The number of ether oxygens (including phenoxy) is 1. The fourth-order valence-electron chi connectivity index (χ4n) is 8.18. The van der Waals surface area contributed by atoms with Crippen LogP contribution in [0.5, 0.6) is 11.5 Å². The highest BCUT2D eigenvalue weighted by molar-refractivity contribution is 6.14. The van der Waals surface area contributed by atoms with Crippen molar-refractivity contribution in [2.24, 2.45) is 0 Å². The molecule has 292 valence electrons. The van der Waals surface area contributed by atoms with E-state index in [4.69, 9.17) is 24.1 Å². The number of nitrogens with zero attached hydrogens (tertiary/aromatic N) is 3. The van der Waals surface area contributed by atoms with Crippen molar-refractivity contribution in [2.45, 2.75) is 0 Å². The second-order valence-electron chi connectivity index (χ2n) is 15.2. The lowest BCUT2D eigenvalue weighted by Gasteiger charge is -2.13. The molecular weight excluding hydrogens is 759 g/mol. The minimum atomic E-state index is 0.572. The Hall–Kier alpha value is -8.41. The lowest BCUT2D eigenvalue weighted by atomic mass is 9.92. The number of aromatic nitrogens is 3. The van der Waals surface area contributed by atoms with Gasteiger partial charge in [0, 0.05) is 27.5 Å². The van der Waals surface area contributed by atoms with E-state index in [9.17, 15) is 0 Å². The molecule has 2 aromatic heterocycles. The molecular formula is C57H37N3O2. The van der Waals surface area contributed by atoms with Crippen molar-refractivity contribution in [2.75, 3.05) is 0 Å². The third kappa shape index (κ3) is 7.18. The summed E-state index contributed by atoms with van der Waals surface area (Å²) in [5.41, 5.74) is 13.1. The van der Waals surface area contributed by atoms with Crippen LogP contribution >= 0.6 is 0 Å². The van der Waals surface area contributed by atoms with Gasteiger partial charge in [-0.25, -0.2) is 15.0 Å². The summed E-state index contributed by atoms with van der Waals surface area (Å²) < 4.78 is 13.1. The lowest BCUT2D eigenvalue weighted by molar-refractivity contribution is 0.483. The molecule has 0 aliphatic carbocycles. The molecule has 0 amide bonds. The maximum Gasteiger partial charge on any atom is 0.164 e. The normalized spacial score (nSPS) is 11.2. The van der Waals surface area contributed by atoms with Crippen LogP contribution < -0.4 is 4.74 Å². The van der Waals surface area contributed by atoms with Crippen LogP contribution in [-0.4, -0.2) is 15.0 Å². The Bertz CT molecular complexity index is 3360. The topological polar surface area (TPSA) is 61.0 Å². The van der Waals surface area contributed by atoms with Gasteiger partial charge >= 0.3 is 0 Å². The lowest BCUT2D eigenvalue weighted by Crippen LogP contribution is -2.00. The first-order valence-corrected chi connectivity index (χ1v) is 20.7. The second-order valence-corrected chi connectivity index (χ2v) is 15.2. The van der Waals surface area contributed by atoms with Gasteiger partial charge in [-0.3, -0.25) is 0 Å². The molecule has 0 radical (unpaired) electrons. The Balaban J connectivity index is 0.956. The Morgan fingerprint density at radius 3 is 1.42 bits per heavy atom. The first-order chi connectivity index (χ1) is 30.7. The van der Waals surface area contributed by atoms with Crippen molar-refractivity contribution in [3.05, 3.63) is 224 Å². The van der Waals surface area contributed by atoms with Gasteiger partial charge in [-0.05, 0) is 87.0 Å². The van der Waals surface area contributed by atoms with E-state index in [2.05, 4.69) is 146 Å². The molecule has 0 fully saturated rings. The predicted molar refractivity (Wildman–Crippen MR) is 252 cm³/mol. The van der Waals surface area contributed by atoms with Gasteiger partial charge in [0.15, 0.2) is 17.5 Å². The van der Waals surface area contributed by atoms with Crippen LogP contribution in [0.2, 0.25) is 0 Å². The van der Waals surface area contributed by atoms with E-state index in [0.29, 0.717) is 17.5 Å². The zero-order valence-corrected chi connectivity index (χ0v) is 33.5. The highest BCUT2D eigenvalue weighted by Crippen LogP contribution is 2.42. The molecule has 62 heavy (non-hydrogen) atoms. The van der Waals surface area contributed by atoms with Crippen molar-refractivity contribution in [1.82, 2.24) is 15.0 Å². The summed E-state index contributed by atoms with van der Waals surface area (Å²) in [5, 5.41) is 2.06. The maximum absolute atomic E-state index is 6.64. The summed E-state index contributed by atoms with van der Waals surface area (Å²) in [5.74, 6) is 3.34. The minimum absolute atomic E-state index is 0.572. The van der Waals surface area contributed by atoms with E-state index in [1.807, 2.05) is 78.9 Å². The Kier molecular flexibility index (Phi) is 9.45. The van der Waals surface area contributed by atoms with Gasteiger partial charge < -0.3 is 9.15 Å². The van der Waals surface area contributed by atoms with Crippen molar-refractivity contribution in [3.63, 3.8) is 0 Å². The fourth-order valence-corrected chi connectivity index (χ4v) is 8.18. The summed E-state index contributed by atoms with van der Waals surface area (Å²) in [6.45, 7) is 0. The molecule has 0 aliphatic rings. The zero-order chi connectivity index (χ0) is 41.2. The van der Waals surface area contributed by atoms with Crippen LogP contribution in [0.25, 0.3) is 101 Å². The maximum atomic E-state index is 6.64. The predicted octanol–water partition coefficient (Wildman–Crippen LogP) is 15.2. The van der Waals surface area contributed by atoms with E-state index in [1.54, 1.807) is 0 Å². The molecule has 0 aliphatic heterocycles. The third-order valence-corrected chi connectivity index (χ3v) is 11.2. The van der Waals surface area contributed by atoms with E-state index >= 15 is 0 Å². The molecule has 5 heteroatoms. The number of benzene rings is 9. The standard InChI is InChI=1S/C57H37N3O2/c1-4-15-38(16-5-1)40-29-31-42(32-30-40)56-58-55(41-19-8-3-9-20-41)59-57(60-56)45-33-34-51-53(37-45)62-52-28-14-27-50(54(51)52)49-26-11-10-25-48(49)44-22-13-24-47(36-44)61-46-23-12-21-43(35-46)39-17-6-2-7-18-39/h1-37H. The van der Waals surface area contributed by atoms with Crippen LogP contribution in [0.3, 0.4) is 0 Å². The Morgan fingerprint density at radius 2 is 0.742 bits per heavy atom. The molecule has 11 rings (SSSR count). The molecule has 0 bridgehead atoms. The van der Waals surface area contributed by atoms with Gasteiger partial charge in [-0.15, -0.1) is 0 Å². The van der Waals surface area contributed by atoms with Crippen molar-refractivity contribution in [3.8, 4) is 90.2 Å². The largest absolute Gasteiger partial charge is 0.457 e. The quantitative estimate of drug-likeness (QED) is 0.146. The Labute approximate surface area is 359 Å². The smallest absolute Gasteiger partial charge is 0.164 e. The third-order valence-electron chi connectivity index (χ3n) is 11.2. The van der Waals surface area contributed by atoms with Gasteiger partial charge in [0.2, 0.25) is 0 Å². The van der Waals surface area contributed by atoms with Crippen molar-refractivity contribution in [1.29, 1.82) is 0 Å². The van der Waals surface area contributed by atoms with Gasteiger partial charge in [-0.2, -0.15) is 0 Å².